The Morgan fingerprint density at radius 2 is 1.59 bits per heavy atom. The number of benzene rings is 1. The minimum atomic E-state index is -0.913. The third-order valence-electron chi connectivity index (χ3n) is 5.38. The van der Waals surface area contributed by atoms with Crippen molar-refractivity contribution in [3.05, 3.63) is 35.4 Å². The number of aromatic carboxylic acids is 1. The number of Topliss-reactive ketones (excluding diaryl/α,β-unsaturated/α-hetero) is 1. The van der Waals surface area contributed by atoms with Gasteiger partial charge >= 0.3 is 5.97 Å². The monoisotopic (exact) mass is 376 g/mol. The Kier molecular flexibility index (Phi) is 10.3. The lowest BCUT2D eigenvalue weighted by atomic mass is 9.87. The van der Waals surface area contributed by atoms with Crippen molar-refractivity contribution in [1.29, 1.82) is 0 Å². The molecule has 152 valence electrons. The van der Waals surface area contributed by atoms with Gasteiger partial charge in [0.05, 0.1) is 11.2 Å². The molecule has 1 aromatic rings. The van der Waals surface area contributed by atoms with Crippen molar-refractivity contribution in [2.24, 2.45) is 5.92 Å². The van der Waals surface area contributed by atoms with Gasteiger partial charge in [0.1, 0.15) is 5.78 Å². The average Bonchev–Trinajstić information content (AvgIpc) is 2.60. The molecule has 2 unspecified atom stereocenters. The van der Waals surface area contributed by atoms with Crippen LogP contribution in [0.4, 0.5) is 0 Å². The van der Waals surface area contributed by atoms with Crippen LogP contribution in [0.15, 0.2) is 24.3 Å². The predicted octanol–water partition coefficient (Wildman–Crippen LogP) is 5.41. The van der Waals surface area contributed by atoms with Crippen LogP contribution >= 0.6 is 0 Å². The molecule has 0 aliphatic rings. The van der Waals surface area contributed by atoms with E-state index in [9.17, 15) is 14.7 Å². The molecule has 1 aromatic carbocycles. The highest BCUT2D eigenvalue weighted by Gasteiger charge is 2.21. The highest BCUT2D eigenvalue weighted by atomic mass is 16.4. The van der Waals surface area contributed by atoms with Crippen LogP contribution in [-0.2, 0) is 11.2 Å². The molecule has 4 nitrogen and oxygen atoms in total. The third-order valence-corrected chi connectivity index (χ3v) is 5.38. The number of carbonyl (C=O) groups excluding carboxylic acids is 1. The Bertz CT molecular complexity index is 575. The van der Waals surface area contributed by atoms with Gasteiger partial charge in [-0.05, 0) is 76.5 Å². The summed E-state index contributed by atoms with van der Waals surface area (Å²) in [5.74, 6) is -0.639. The quantitative estimate of drug-likeness (QED) is 0.425. The molecule has 4 heteroatoms. The van der Waals surface area contributed by atoms with E-state index in [0.717, 1.165) is 69.8 Å². The van der Waals surface area contributed by atoms with Gasteiger partial charge in [0.25, 0.3) is 0 Å². The first-order chi connectivity index (χ1) is 12.7. The minimum absolute atomic E-state index is 0.0507. The molecule has 0 spiro atoms. The zero-order valence-corrected chi connectivity index (χ0v) is 17.2. The highest BCUT2D eigenvalue weighted by molar-refractivity contribution is 5.87. The summed E-state index contributed by atoms with van der Waals surface area (Å²) in [6, 6.07) is 6.95. The van der Waals surface area contributed by atoms with Gasteiger partial charge in [-0.1, -0.05) is 38.3 Å². The van der Waals surface area contributed by atoms with Crippen LogP contribution in [0, 0.1) is 5.92 Å². The molecule has 0 radical (unpaired) electrons. The summed E-state index contributed by atoms with van der Waals surface area (Å²) in [4.78, 5) is 22.8. The SMILES string of the molecule is CCCCCC(C)(O)CCCC(CCCc1ccc(C(=O)O)cc1)C(C)=O. The number of aryl methyl sites for hydroxylation is 1. The molecule has 0 bridgehead atoms. The Morgan fingerprint density at radius 1 is 1.00 bits per heavy atom. The first-order valence-corrected chi connectivity index (χ1v) is 10.3. The summed E-state index contributed by atoms with van der Waals surface area (Å²) in [5, 5.41) is 19.4. The zero-order chi connectivity index (χ0) is 20.3. The van der Waals surface area contributed by atoms with E-state index in [1.807, 2.05) is 19.1 Å². The fourth-order valence-electron chi connectivity index (χ4n) is 3.53. The van der Waals surface area contributed by atoms with E-state index < -0.39 is 11.6 Å². The molecular weight excluding hydrogens is 340 g/mol. The maximum Gasteiger partial charge on any atom is 0.335 e. The van der Waals surface area contributed by atoms with Crippen molar-refractivity contribution in [1.82, 2.24) is 0 Å². The molecule has 2 N–H and O–H groups in total. The van der Waals surface area contributed by atoms with Gasteiger partial charge in [0.2, 0.25) is 0 Å². The molecule has 1 rings (SSSR count). The van der Waals surface area contributed by atoms with E-state index in [4.69, 9.17) is 5.11 Å². The summed E-state index contributed by atoms with van der Waals surface area (Å²) in [5.41, 5.74) is 0.773. The summed E-state index contributed by atoms with van der Waals surface area (Å²) in [7, 11) is 0. The fourth-order valence-corrected chi connectivity index (χ4v) is 3.53. The third kappa shape index (κ3) is 9.71. The molecule has 2 atom stereocenters. The molecule has 0 heterocycles. The molecule has 27 heavy (non-hydrogen) atoms. The Balaban J connectivity index is 2.37. The predicted molar refractivity (Wildman–Crippen MR) is 109 cm³/mol. The number of aliphatic hydroxyl groups is 1. The number of carboxylic acid groups (broad SMARTS) is 1. The Labute approximate surface area is 164 Å². The summed E-state index contributed by atoms with van der Waals surface area (Å²) >= 11 is 0. The molecule has 0 fully saturated rings. The van der Waals surface area contributed by atoms with Crippen molar-refractivity contribution in [2.45, 2.75) is 90.6 Å². The number of carbonyl (C=O) groups is 2. The van der Waals surface area contributed by atoms with Gasteiger partial charge < -0.3 is 10.2 Å². The zero-order valence-electron chi connectivity index (χ0n) is 17.2. The number of hydrogen-bond acceptors (Lipinski definition) is 3. The van der Waals surface area contributed by atoms with Crippen LogP contribution in [0.2, 0.25) is 0 Å². The van der Waals surface area contributed by atoms with Crippen LogP contribution in [0.1, 0.15) is 94.5 Å². The molecule has 0 aliphatic heterocycles. The Hall–Kier alpha value is -1.68. The number of hydrogen-bond donors (Lipinski definition) is 2. The molecule has 0 aliphatic carbocycles. The average molecular weight is 377 g/mol. The van der Waals surface area contributed by atoms with Crippen molar-refractivity contribution >= 4 is 11.8 Å². The van der Waals surface area contributed by atoms with E-state index in [0.29, 0.717) is 5.56 Å². The number of rotatable bonds is 14. The second kappa shape index (κ2) is 11.9. The van der Waals surface area contributed by atoms with E-state index in [2.05, 4.69) is 6.92 Å². The van der Waals surface area contributed by atoms with Crippen molar-refractivity contribution in [3.8, 4) is 0 Å². The van der Waals surface area contributed by atoms with Crippen molar-refractivity contribution in [3.63, 3.8) is 0 Å². The van der Waals surface area contributed by atoms with Gasteiger partial charge in [-0.25, -0.2) is 4.79 Å². The van der Waals surface area contributed by atoms with E-state index >= 15 is 0 Å². The number of ketones is 1. The lowest BCUT2D eigenvalue weighted by Crippen LogP contribution is -2.24. The van der Waals surface area contributed by atoms with Gasteiger partial charge in [0, 0.05) is 5.92 Å². The topological polar surface area (TPSA) is 74.6 Å². The highest BCUT2D eigenvalue weighted by Crippen LogP contribution is 2.25. The first-order valence-electron chi connectivity index (χ1n) is 10.3. The molecule has 0 amide bonds. The van der Waals surface area contributed by atoms with Crippen LogP contribution < -0.4 is 0 Å². The van der Waals surface area contributed by atoms with E-state index in [1.54, 1.807) is 19.1 Å². The minimum Gasteiger partial charge on any atom is -0.478 e. The second-order valence-electron chi connectivity index (χ2n) is 8.05. The first kappa shape index (κ1) is 23.4. The lowest BCUT2D eigenvalue weighted by Gasteiger charge is -2.24. The Morgan fingerprint density at radius 3 is 2.15 bits per heavy atom. The van der Waals surface area contributed by atoms with Gasteiger partial charge in [-0.2, -0.15) is 0 Å². The molecule has 0 saturated heterocycles. The molecule has 0 aromatic heterocycles. The van der Waals surface area contributed by atoms with Gasteiger partial charge in [-0.3, -0.25) is 4.79 Å². The normalized spacial score (nSPS) is 14.5. The van der Waals surface area contributed by atoms with Crippen LogP contribution in [0.5, 0.6) is 0 Å². The summed E-state index contributed by atoms with van der Waals surface area (Å²) < 4.78 is 0. The maximum absolute atomic E-state index is 11.9. The number of unbranched alkanes of at least 4 members (excludes halogenated alkanes) is 2. The van der Waals surface area contributed by atoms with Crippen LogP contribution in [0.25, 0.3) is 0 Å². The number of carboxylic acids is 1. The standard InChI is InChI=1S/C23H36O4/c1-4-5-6-16-23(3,27)17-8-11-20(18(2)24)10-7-9-19-12-14-21(15-13-19)22(25)26/h12-15,20,27H,4-11,16-17H2,1-3H3,(H,25,26). The van der Waals surface area contributed by atoms with Crippen LogP contribution in [0.3, 0.4) is 0 Å². The maximum atomic E-state index is 11.9. The van der Waals surface area contributed by atoms with Gasteiger partial charge in [-0.15, -0.1) is 0 Å². The van der Waals surface area contributed by atoms with Crippen LogP contribution in [-0.4, -0.2) is 27.6 Å². The second-order valence-corrected chi connectivity index (χ2v) is 8.05. The van der Waals surface area contributed by atoms with Gasteiger partial charge in [0.15, 0.2) is 0 Å². The fraction of sp³-hybridized carbons (Fsp3) is 0.652. The summed E-state index contributed by atoms with van der Waals surface area (Å²) in [6.07, 6.45) is 9.24. The van der Waals surface area contributed by atoms with E-state index in [-0.39, 0.29) is 11.7 Å². The van der Waals surface area contributed by atoms with Crippen molar-refractivity contribution < 1.29 is 19.8 Å². The summed E-state index contributed by atoms with van der Waals surface area (Å²) in [6.45, 7) is 5.73. The van der Waals surface area contributed by atoms with Crippen molar-refractivity contribution in [2.75, 3.05) is 0 Å². The molecular formula is C23H36O4. The smallest absolute Gasteiger partial charge is 0.335 e. The lowest BCUT2D eigenvalue weighted by molar-refractivity contribution is -0.121. The van der Waals surface area contributed by atoms with E-state index in [1.165, 1.54) is 0 Å². The largest absolute Gasteiger partial charge is 0.478 e. The molecule has 0 saturated carbocycles.